The fourth-order valence-electron chi connectivity index (χ4n) is 3.65. The molecule has 31 heavy (non-hydrogen) atoms. The third-order valence-electron chi connectivity index (χ3n) is 5.32. The van der Waals surface area contributed by atoms with Crippen molar-refractivity contribution in [1.29, 1.82) is 0 Å². The van der Waals surface area contributed by atoms with Gasteiger partial charge in [0.2, 0.25) is 5.91 Å². The summed E-state index contributed by atoms with van der Waals surface area (Å²) < 4.78 is 5.28. The average molecular weight is 434 g/mol. The standard InChI is InChI=1S/C25H27N3O2S/c1-16(2)25-27-18(15-31-25)14-26-23(29)13-12-21-20-6-4-5-7-22(20)28-24(21)17-8-10-19(30-3)11-9-17/h4-11,15-16,28H,12-14H2,1-3H3,(H,26,29). The molecular weight excluding hydrogens is 406 g/mol. The molecule has 4 aromatic rings. The van der Waals surface area contributed by atoms with E-state index in [4.69, 9.17) is 4.74 Å². The Morgan fingerprint density at radius 3 is 2.65 bits per heavy atom. The highest BCUT2D eigenvalue weighted by atomic mass is 32.1. The SMILES string of the molecule is COc1ccc(-c2[nH]c3ccccc3c2CCC(=O)NCc2csc(C(C)C)n2)cc1. The maximum atomic E-state index is 12.6. The zero-order valence-corrected chi connectivity index (χ0v) is 18.9. The van der Waals surface area contributed by atoms with Crippen LogP contribution in [0.1, 0.15) is 42.5 Å². The first kappa shape index (κ1) is 21.1. The lowest BCUT2D eigenvalue weighted by atomic mass is 10.0. The summed E-state index contributed by atoms with van der Waals surface area (Å²) in [4.78, 5) is 20.7. The topological polar surface area (TPSA) is 67.0 Å². The fraction of sp³-hybridized carbons (Fsp3) is 0.280. The maximum Gasteiger partial charge on any atom is 0.220 e. The number of aromatic nitrogens is 2. The number of aromatic amines is 1. The lowest BCUT2D eigenvalue weighted by Gasteiger charge is -2.07. The molecule has 0 unspecified atom stereocenters. The van der Waals surface area contributed by atoms with Gasteiger partial charge in [-0.25, -0.2) is 4.98 Å². The number of methoxy groups -OCH3 is 1. The monoisotopic (exact) mass is 433 g/mol. The van der Waals surface area contributed by atoms with Crippen LogP contribution >= 0.6 is 11.3 Å². The minimum Gasteiger partial charge on any atom is -0.497 e. The number of thiazole rings is 1. The fourth-order valence-corrected chi connectivity index (χ4v) is 4.48. The van der Waals surface area contributed by atoms with Gasteiger partial charge in [-0.15, -0.1) is 11.3 Å². The van der Waals surface area contributed by atoms with Gasteiger partial charge < -0.3 is 15.0 Å². The zero-order valence-electron chi connectivity index (χ0n) is 18.1. The van der Waals surface area contributed by atoms with Gasteiger partial charge in [0.05, 0.1) is 24.4 Å². The molecule has 160 valence electrons. The number of rotatable bonds is 8. The number of amides is 1. The third-order valence-corrected chi connectivity index (χ3v) is 6.52. The van der Waals surface area contributed by atoms with Gasteiger partial charge in [0, 0.05) is 34.3 Å². The first-order chi connectivity index (χ1) is 15.0. The van der Waals surface area contributed by atoms with E-state index in [1.165, 1.54) is 0 Å². The number of H-pyrrole nitrogens is 1. The second-order valence-electron chi connectivity index (χ2n) is 7.86. The maximum absolute atomic E-state index is 12.6. The number of para-hydroxylation sites is 1. The van der Waals surface area contributed by atoms with Crippen molar-refractivity contribution in [3.8, 4) is 17.0 Å². The Hall–Kier alpha value is -3.12. The Kier molecular flexibility index (Phi) is 6.37. The van der Waals surface area contributed by atoms with E-state index in [-0.39, 0.29) is 5.91 Å². The Balaban J connectivity index is 1.48. The van der Waals surface area contributed by atoms with E-state index >= 15 is 0 Å². The van der Waals surface area contributed by atoms with Crippen molar-refractivity contribution in [2.45, 2.75) is 39.2 Å². The zero-order chi connectivity index (χ0) is 21.8. The second-order valence-corrected chi connectivity index (χ2v) is 8.75. The van der Waals surface area contributed by atoms with Crippen molar-refractivity contribution in [2.24, 2.45) is 0 Å². The number of carbonyl (C=O) groups excluding carboxylic acids is 1. The lowest BCUT2D eigenvalue weighted by Crippen LogP contribution is -2.23. The molecule has 0 bridgehead atoms. The Morgan fingerprint density at radius 2 is 1.94 bits per heavy atom. The van der Waals surface area contributed by atoms with E-state index in [0.29, 0.717) is 25.3 Å². The number of ether oxygens (including phenoxy) is 1. The molecule has 0 fully saturated rings. The smallest absolute Gasteiger partial charge is 0.220 e. The van der Waals surface area contributed by atoms with Crippen LogP contribution in [0, 0.1) is 0 Å². The minimum atomic E-state index is 0.0325. The highest BCUT2D eigenvalue weighted by molar-refractivity contribution is 7.09. The first-order valence-electron chi connectivity index (χ1n) is 10.5. The van der Waals surface area contributed by atoms with E-state index < -0.39 is 0 Å². The molecule has 0 aliphatic heterocycles. The number of fused-ring (bicyclic) bond motifs is 1. The summed E-state index contributed by atoms with van der Waals surface area (Å²) in [6.45, 7) is 4.73. The highest BCUT2D eigenvalue weighted by Gasteiger charge is 2.15. The summed E-state index contributed by atoms with van der Waals surface area (Å²) in [5, 5.41) is 7.30. The molecule has 2 aromatic carbocycles. The van der Waals surface area contributed by atoms with Crippen molar-refractivity contribution in [1.82, 2.24) is 15.3 Å². The van der Waals surface area contributed by atoms with Crippen LogP contribution in [0.25, 0.3) is 22.2 Å². The van der Waals surface area contributed by atoms with Gasteiger partial charge in [0.25, 0.3) is 0 Å². The summed E-state index contributed by atoms with van der Waals surface area (Å²) in [5.41, 5.74) is 5.29. The molecule has 0 radical (unpaired) electrons. The van der Waals surface area contributed by atoms with Gasteiger partial charge in [0.1, 0.15) is 5.75 Å². The van der Waals surface area contributed by atoms with Crippen LogP contribution < -0.4 is 10.1 Å². The molecule has 0 aliphatic rings. The third kappa shape index (κ3) is 4.80. The Morgan fingerprint density at radius 1 is 1.16 bits per heavy atom. The van der Waals surface area contributed by atoms with Crippen LogP contribution in [0.4, 0.5) is 0 Å². The summed E-state index contributed by atoms with van der Waals surface area (Å²) in [6, 6.07) is 16.2. The first-order valence-corrected chi connectivity index (χ1v) is 11.4. The van der Waals surface area contributed by atoms with Crippen LogP contribution in [-0.2, 0) is 17.8 Å². The van der Waals surface area contributed by atoms with Crippen molar-refractivity contribution >= 4 is 28.1 Å². The molecule has 0 saturated carbocycles. The van der Waals surface area contributed by atoms with E-state index in [0.717, 1.165) is 44.2 Å². The van der Waals surface area contributed by atoms with Crippen LogP contribution in [0.5, 0.6) is 5.75 Å². The molecule has 0 atom stereocenters. The van der Waals surface area contributed by atoms with Gasteiger partial charge in [-0.1, -0.05) is 32.0 Å². The van der Waals surface area contributed by atoms with Gasteiger partial charge in [-0.3, -0.25) is 4.79 Å². The Labute approximate surface area is 186 Å². The summed E-state index contributed by atoms with van der Waals surface area (Å²) >= 11 is 1.65. The van der Waals surface area contributed by atoms with Crippen molar-refractivity contribution in [3.63, 3.8) is 0 Å². The van der Waals surface area contributed by atoms with Crippen molar-refractivity contribution in [3.05, 3.63) is 70.2 Å². The molecule has 0 aliphatic carbocycles. The van der Waals surface area contributed by atoms with Gasteiger partial charge in [-0.05, 0) is 47.9 Å². The largest absolute Gasteiger partial charge is 0.497 e. The van der Waals surface area contributed by atoms with Crippen LogP contribution in [-0.4, -0.2) is 23.0 Å². The summed E-state index contributed by atoms with van der Waals surface area (Å²) in [6.07, 6.45) is 1.08. The molecular formula is C25H27N3O2S. The summed E-state index contributed by atoms with van der Waals surface area (Å²) in [5.74, 6) is 1.27. The van der Waals surface area contributed by atoms with E-state index in [9.17, 15) is 4.79 Å². The molecule has 0 saturated heterocycles. The lowest BCUT2D eigenvalue weighted by molar-refractivity contribution is -0.121. The predicted octanol–water partition coefficient (Wildman–Crippen LogP) is 5.67. The molecule has 5 nitrogen and oxygen atoms in total. The Bertz CT molecular complexity index is 1180. The molecule has 6 heteroatoms. The van der Waals surface area contributed by atoms with Gasteiger partial charge >= 0.3 is 0 Å². The van der Waals surface area contributed by atoms with Crippen LogP contribution in [0.2, 0.25) is 0 Å². The van der Waals surface area contributed by atoms with Crippen molar-refractivity contribution < 1.29 is 9.53 Å². The van der Waals surface area contributed by atoms with E-state index in [1.807, 2.05) is 41.8 Å². The average Bonchev–Trinajstić information content (AvgIpc) is 3.41. The van der Waals surface area contributed by atoms with Crippen LogP contribution in [0.15, 0.2) is 53.9 Å². The highest BCUT2D eigenvalue weighted by Crippen LogP contribution is 2.32. The number of nitrogens with zero attached hydrogens (tertiary/aromatic N) is 1. The summed E-state index contributed by atoms with van der Waals surface area (Å²) in [7, 11) is 1.66. The molecule has 4 rings (SSSR count). The van der Waals surface area contributed by atoms with Crippen molar-refractivity contribution in [2.75, 3.05) is 7.11 Å². The van der Waals surface area contributed by atoms with Gasteiger partial charge in [0.15, 0.2) is 0 Å². The minimum absolute atomic E-state index is 0.0325. The molecule has 0 spiro atoms. The molecule has 2 N–H and O–H groups in total. The van der Waals surface area contributed by atoms with E-state index in [2.05, 4.69) is 41.3 Å². The number of benzene rings is 2. The quantitative estimate of drug-likeness (QED) is 0.376. The number of carbonyl (C=O) groups is 1. The van der Waals surface area contributed by atoms with Crippen LogP contribution in [0.3, 0.4) is 0 Å². The number of hydrogen-bond donors (Lipinski definition) is 2. The number of hydrogen-bond acceptors (Lipinski definition) is 4. The molecule has 1 amide bonds. The van der Waals surface area contributed by atoms with Gasteiger partial charge in [-0.2, -0.15) is 0 Å². The second kappa shape index (κ2) is 9.35. The van der Waals surface area contributed by atoms with E-state index in [1.54, 1.807) is 18.4 Å². The normalized spacial score (nSPS) is 11.2. The number of aryl methyl sites for hydroxylation is 1. The molecule has 2 heterocycles. The number of nitrogens with one attached hydrogen (secondary N) is 2. The predicted molar refractivity (Wildman–Crippen MR) is 127 cm³/mol. The molecule has 2 aromatic heterocycles.